The topological polar surface area (TPSA) is 32.3 Å². The summed E-state index contributed by atoms with van der Waals surface area (Å²) in [7, 11) is 0. The first-order valence-electron chi connectivity index (χ1n) is 8.48. The number of carbonyl (C=O) groups is 1. The highest BCUT2D eigenvalue weighted by atomic mass is 35.5. The lowest BCUT2D eigenvalue weighted by atomic mass is 9.87. The molecule has 1 N–H and O–H groups in total. The van der Waals surface area contributed by atoms with Crippen molar-refractivity contribution in [2.45, 2.75) is 13.0 Å². The number of nitrogens with one attached hydrogen (secondary N) is 1. The van der Waals surface area contributed by atoms with Crippen LogP contribution in [0.15, 0.2) is 48.5 Å². The van der Waals surface area contributed by atoms with Crippen molar-refractivity contribution in [2.24, 2.45) is 11.8 Å². The average molecular weight is 377 g/mol. The number of carbonyl (C=O) groups excluding carboxylic acids is 1. The number of amides is 1. The molecule has 1 amide bonds. The van der Waals surface area contributed by atoms with Crippen molar-refractivity contribution >= 4 is 29.9 Å². The monoisotopic (exact) mass is 376 g/mol. The molecule has 132 valence electrons. The SMILES string of the molecule is Cc1ccccc1[C@H]1[C@H]2CNC[C@H]2CN1C(=O)c1ccc(Cl)cc1.Cl. The number of nitrogens with zero attached hydrogens (tertiary/aromatic N) is 1. The highest BCUT2D eigenvalue weighted by Gasteiger charge is 2.47. The number of rotatable bonds is 2. The zero-order chi connectivity index (χ0) is 16.7. The molecule has 0 aliphatic carbocycles. The molecule has 0 spiro atoms. The first-order chi connectivity index (χ1) is 11.6. The Morgan fingerprint density at radius 3 is 2.56 bits per heavy atom. The molecule has 2 aromatic rings. The molecule has 2 saturated heterocycles. The molecule has 5 heteroatoms. The summed E-state index contributed by atoms with van der Waals surface area (Å²) < 4.78 is 0. The average Bonchev–Trinajstić information content (AvgIpc) is 3.16. The molecule has 0 bridgehead atoms. The number of likely N-dealkylation sites (tertiary alicyclic amines) is 1. The lowest BCUT2D eigenvalue weighted by Crippen LogP contribution is -2.35. The summed E-state index contributed by atoms with van der Waals surface area (Å²) >= 11 is 5.97. The number of hydrogen-bond donors (Lipinski definition) is 1. The van der Waals surface area contributed by atoms with Crippen molar-refractivity contribution in [3.8, 4) is 0 Å². The summed E-state index contributed by atoms with van der Waals surface area (Å²) in [5, 5.41) is 4.15. The molecule has 0 saturated carbocycles. The molecule has 2 aliphatic heterocycles. The number of hydrogen-bond acceptors (Lipinski definition) is 2. The van der Waals surface area contributed by atoms with Gasteiger partial charge in [-0.05, 0) is 48.2 Å². The van der Waals surface area contributed by atoms with E-state index < -0.39 is 0 Å². The molecule has 0 radical (unpaired) electrons. The van der Waals surface area contributed by atoms with E-state index in [0.29, 0.717) is 22.4 Å². The van der Waals surface area contributed by atoms with Crippen molar-refractivity contribution in [3.05, 3.63) is 70.2 Å². The Balaban J connectivity index is 0.00000182. The van der Waals surface area contributed by atoms with Gasteiger partial charge in [-0.15, -0.1) is 12.4 Å². The van der Waals surface area contributed by atoms with Crippen LogP contribution < -0.4 is 5.32 Å². The highest BCUT2D eigenvalue weighted by molar-refractivity contribution is 6.30. The number of benzene rings is 2. The van der Waals surface area contributed by atoms with Gasteiger partial charge in [0.25, 0.3) is 5.91 Å². The van der Waals surface area contributed by atoms with Crippen LogP contribution in [0.3, 0.4) is 0 Å². The summed E-state index contributed by atoms with van der Waals surface area (Å²) in [4.78, 5) is 15.2. The molecular formula is C20H22Cl2N2O. The molecule has 2 heterocycles. The predicted molar refractivity (Wildman–Crippen MR) is 104 cm³/mol. The Kier molecular flexibility index (Phi) is 5.38. The lowest BCUT2D eigenvalue weighted by molar-refractivity contribution is 0.0713. The fourth-order valence-corrected chi connectivity index (χ4v) is 4.33. The number of halogens is 2. The van der Waals surface area contributed by atoms with E-state index in [1.54, 1.807) is 12.1 Å². The second-order valence-electron chi connectivity index (χ2n) is 6.85. The van der Waals surface area contributed by atoms with E-state index in [1.807, 2.05) is 12.1 Å². The van der Waals surface area contributed by atoms with Crippen LogP contribution in [0, 0.1) is 18.8 Å². The molecule has 3 atom stereocenters. The quantitative estimate of drug-likeness (QED) is 0.855. The second kappa shape index (κ2) is 7.36. The summed E-state index contributed by atoms with van der Waals surface area (Å²) in [6.45, 7) is 4.93. The number of fused-ring (bicyclic) bond motifs is 1. The van der Waals surface area contributed by atoms with Gasteiger partial charge in [-0.1, -0.05) is 35.9 Å². The minimum atomic E-state index is 0. The van der Waals surface area contributed by atoms with Gasteiger partial charge in [0.2, 0.25) is 0 Å². The van der Waals surface area contributed by atoms with E-state index in [4.69, 9.17) is 11.6 Å². The van der Waals surface area contributed by atoms with Gasteiger partial charge < -0.3 is 10.2 Å². The maximum Gasteiger partial charge on any atom is 0.254 e. The smallest absolute Gasteiger partial charge is 0.254 e. The fourth-order valence-electron chi connectivity index (χ4n) is 4.20. The van der Waals surface area contributed by atoms with E-state index >= 15 is 0 Å². The van der Waals surface area contributed by atoms with Gasteiger partial charge in [-0.3, -0.25) is 4.79 Å². The van der Waals surface area contributed by atoms with Crippen LogP contribution in [0.2, 0.25) is 5.02 Å². The molecule has 3 nitrogen and oxygen atoms in total. The Hall–Kier alpha value is -1.55. The van der Waals surface area contributed by atoms with Gasteiger partial charge >= 0.3 is 0 Å². The van der Waals surface area contributed by atoms with Crippen LogP contribution in [-0.4, -0.2) is 30.4 Å². The van der Waals surface area contributed by atoms with Gasteiger partial charge in [0.05, 0.1) is 6.04 Å². The van der Waals surface area contributed by atoms with Crippen LogP contribution in [0.5, 0.6) is 0 Å². The van der Waals surface area contributed by atoms with Gasteiger partial charge in [-0.2, -0.15) is 0 Å². The molecule has 2 aliphatic rings. The Morgan fingerprint density at radius 2 is 1.84 bits per heavy atom. The largest absolute Gasteiger partial charge is 0.331 e. The van der Waals surface area contributed by atoms with Crippen molar-refractivity contribution in [1.82, 2.24) is 10.2 Å². The minimum Gasteiger partial charge on any atom is -0.331 e. The first-order valence-corrected chi connectivity index (χ1v) is 8.86. The van der Waals surface area contributed by atoms with Crippen molar-refractivity contribution in [3.63, 3.8) is 0 Å². The second-order valence-corrected chi connectivity index (χ2v) is 7.28. The molecule has 0 aromatic heterocycles. The van der Waals surface area contributed by atoms with E-state index in [2.05, 4.69) is 41.4 Å². The molecule has 0 unspecified atom stereocenters. The third kappa shape index (κ3) is 3.29. The Labute approximate surface area is 159 Å². The zero-order valence-electron chi connectivity index (χ0n) is 14.1. The number of aryl methyl sites for hydroxylation is 1. The van der Waals surface area contributed by atoms with E-state index in [0.717, 1.165) is 19.6 Å². The van der Waals surface area contributed by atoms with Crippen LogP contribution in [0.25, 0.3) is 0 Å². The lowest BCUT2D eigenvalue weighted by Gasteiger charge is -2.29. The van der Waals surface area contributed by atoms with Gasteiger partial charge in [0, 0.05) is 36.1 Å². The van der Waals surface area contributed by atoms with Crippen molar-refractivity contribution in [1.29, 1.82) is 0 Å². The third-order valence-corrected chi connectivity index (χ3v) is 5.68. The fraction of sp³-hybridized carbons (Fsp3) is 0.350. The highest BCUT2D eigenvalue weighted by Crippen LogP contribution is 2.44. The summed E-state index contributed by atoms with van der Waals surface area (Å²) in [5.41, 5.74) is 3.24. The van der Waals surface area contributed by atoms with Crippen LogP contribution in [-0.2, 0) is 0 Å². The van der Waals surface area contributed by atoms with E-state index in [9.17, 15) is 4.79 Å². The van der Waals surface area contributed by atoms with Crippen molar-refractivity contribution < 1.29 is 4.79 Å². The van der Waals surface area contributed by atoms with Crippen molar-refractivity contribution in [2.75, 3.05) is 19.6 Å². The molecule has 4 rings (SSSR count). The van der Waals surface area contributed by atoms with Crippen LogP contribution in [0.4, 0.5) is 0 Å². The van der Waals surface area contributed by atoms with E-state index in [-0.39, 0.29) is 24.4 Å². The molecule has 25 heavy (non-hydrogen) atoms. The normalized spacial score (nSPS) is 24.7. The Bertz CT molecular complexity index is 763. The molecule has 2 aromatic carbocycles. The van der Waals surface area contributed by atoms with Crippen LogP contribution >= 0.6 is 24.0 Å². The first kappa shape index (κ1) is 18.2. The summed E-state index contributed by atoms with van der Waals surface area (Å²) in [5.74, 6) is 1.13. The summed E-state index contributed by atoms with van der Waals surface area (Å²) in [6.07, 6.45) is 0. The summed E-state index contributed by atoms with van der Waals surface area (Å²) in [6, 6.07) is 15.8. The zero-order valence-corrected chi connectivity index (χ0v) is 15.7. The Morgan fingerprint density at radius 1 is 1.12 bits per heavy atom. The van der Waals surface area contributed by atoms with Gasteiger partial charge in [0.15, 0.2) is 0 Å². The standard InChI is InChI=1S/C20H21ClN2O.ClH/c1-13-4-2-3-5-17(13)19-18-11-22-10-15(18)12-23(19)20(24)14-6-8-16(21)9-7-14;/h2-9,15,18-19,22H,10-12H2,1H3;1H/t15-,18-,19-;/m0./s1. The molecular weight excluding hydrogens is 355 g/mol. The van der Waals surface area contributed by atoms with Gasteiger partial charge in [0.1, 0.15) is 0 Å². The maximum absolute atomic E-state index is 13.1. The predicted octanol–water partition coefficient (Wildman–Crippen LogP) is 4.10. The minimum absolute atomic E-state index is 0. The third-order valence-electron chi connectivity index (χ3n) is 5.42. The maximum atomic E-state index is 13.1. The molecule has 2 fully saturated rings. The van der Waals surface area contributed by atoms with E-state index in [1.165, 1.54) is 11.1 Å². The van der Waals surface area contributed by atoms with Crippen LogP contribution in [0.1, 0.15) is 27.5 Å². The van der Waals surface area contributed by atoms with Gasteiger partial charge in [-0.25, -0.2) is 0 Å².